The van der Waals surface area contributed by atoms with Crippen molar-refractivity contribution in [3.63, 3.8) is 0 Å². The van der Waals surface area contributed by atoms with Crippen molar-refractivity contribution in [3.8, 4) is 0 Å². The number of aliphatic carboxylic acids is 1. The van der Waals surface area contributed by atoms with Gasteiger partial charge in [0.15, 0.2) is 0 Å². The molecule has 1 rings (SSSR count). The first-order valence-corrected chi connectivity index (χ1v) is 5.26. The molecule has 0 spiro atoms. The van der Waals surface area contributed by atoms with Crippen LogP contribution in [0.25, 0.3) is 0 Å². The summed E-state index contributed by atoms with van der Waals surface area (Å²) >= 11 is 1.41. The molecule has 0 aliphatic carbocycles. The summed E-state index contributed by atoms with van der Waals surface area (Å²) in [6.07, 6.45) is -0.133. The maximum absolute atomic E-state index is 11.1. The number of hydrogen-bond acceptors (Lipinski definition) is 4. The van der Waals surface area contributed by atoms with Crippen LogP contribution in [0.2, 0.25) is 0 Å². The highest BCUT2D eigenvalue weighted by molar-refractivity contribution is 7.10. The fourth-order valence-electron chi connectivity index (χ4n) is 1.14. The Bertz CT molecular complexity index is 337. The van der Waals surface area contributed by atoms with Crippen molar-refractivity contribution in [2.45, 2.75) is 12.5 Å². The number of nitrogens with two attached hydrogens (primary N) is 1. The molecule has 0 fully saturated rings. The number of nitrogens with one attached hydrogen (secondary N) is 1. The van der Waals surface area contributed by atoms with Gasteiger partial charge in [0.05, 0.1) is 19.0 Å². The van der Waals surface area contributed by atoms with Gasteiger partial charge in [-0.2, -0.15) is 0 Å². The van der Waals surface area contributed by atoms with Crippen molar-refractivity contribution in [1.82, 2.24) is 5.32 Å². The summed E-state index contributed by atoms with van der Waals surface area (Å²) in [7, 11) is 0. The number of hydrogen-bond donors (Lipinski definition) is 3. The summed E-state index contributed by atoms with van der Waals surface area (Å²) in [6.45, 7) is -0.137. The molecule has 1 unspecified atom stereocenters. The lowest BCUT2D eigenvalue weighted by molar-refractivity contribution is -0.137. The molecule has 5 nitrogen and oxygen atoms in total. The second-order valence-electron chi connectivity index (χ2n) is 2.94. The van der Waals surface area contributed by atoms with Gasteiger partial charge in [-0.3, -0.25) is 9.59 Å². The largest absolute Gasteiger partial charge is 0.481 e. The Morgan fingerprint density at radius 3 is 2.80 bits per heavy atom. The maximum Gasteiger partial charge on any atom is 0.305 e. The standard InChI is InChI=1S/C9H12N2O3S/c10-5-8(12)11-6(4-9(13)14)7-2-1-3-15-7/h1-3,6H,4-5,10H2,(H,11,12)(H,13,14). The van der Waals surface area contributed by atoms with Gasteiger partial charge in [0.1, 0.15) is 0 Å². The molecule has 82 valence electrons. The molecule has 1 atom stereocenters. The average Bonchev–Trinajstić information content (AvgIpc) is 2.68. The van der Waals surface area contributed by atoms with Crippen molar-refractivity contribution >= 4 is 23.2 Å². The number of rotatable bonds is 5. The Balaban J connectivity index is 2.70. The number of carbonyl (C=O) groups excluding carboxylic acids is 1. The Labute approximate surface area is 90.9 Å². The molecule has 15 heavy (non-hydrogen) atoms. The van der Waals surface area contributed by atoms with Crippen molar-refractivity contribution in [1.29, 1.82) is 0 Å². The third-order valence-electron chi connectivity index (χ3n) is 1.79. The highest BCUT2D eigenvalue weighted by atomic mass is 32.1. The highest BCUT2D eigenvalue weighted by Crippen LogP contribution is 2.21. The van der Waals surface area contributed by atoms with Crippen LogP contribution >= 0.6 is 11.3 Å². The van der Waals surface area contributed by atoms with Crippen LogP contribution in [0.1, 0.15) is 17.3 Å². The van der Waals surface area contributed by atoms with E-state index >= 15 is 0 Å². The number of thiophene rings is 1. The maximum atomic E-state index is 11.1. The zero-order chi connectivity index (χ0) is 11.3. The van der Waals surface area contributed by atoms with Gasteiger partial charge in [-0.05, 0) is 11.4 Å². The molecule has 0 aliphatic heterocycles. The van der Waals surface area contributed by atoms with E-state index in [2.05, 4.69) is 5.32 Å². The highest BCUT2D eigenvalue weighted by Gasteiger charge is 2.17. The molecule has 4 N–H and O–H groups in total. The van der Waals surface area contributed by atoms with Gasteiger partial charge in [0.2, 0.25) is 5.91 Å². The Kier molecular flexibility index (Phi) is 4.26. The zero-order valence-electron chi connectivity index (χ0n) is 7.97. The topological polar surface area (TPSA) is 92.4 Å². The van der Waals surface area contributed by atoms with E-state index in [1.165, 1.54) is 11.3 Å². The average molecular weight is 228 g/mol. The number of amides is 1. The Morgan fingerprint density at radius 1 is 1.60 bits per heavy atom. The lowest BCUT2D eigenvalue weighted by Crippen LogP contribution is -2.34. The minimum atomic E-state index is -0.953. The van der Waals surface area contributed by atoms with Gasteiger partial charge < -0.3 is 16.2 Å². The summed E-state index contributed by atoms with van der Waals surface area (Å²) < 4.78 is 0. The van der Waals surface area contributed by atoms with E-state index in [4.69, 9.17) is 10.8 Å². The summed E-state index contributed by atoms with van der Waals surface area (Å²) in [5.41, 5.74) is 5.15. The van der Waals surface area contributed by atoms with Crippen LogP contribution in [-0.2, 0) is 9.59 Å². The Morgan fingerprint density at radius 2 is 2.33 bits per heavy atom. The molecule has 1 aromatic heterocycles. The van der Waals surface area contributed by atoms with Crippen molar-refractivity contribution in [2.75, 3.05) is 6.54 Å². The minimum absolute atomic E-state index is 0.133. The van der Waals surface area contributed by atoms with Crippen molar-refractivity contribution in [3.05, 3.63) is 22.4 Å². The summed E-state index contributed by atoms with van der Waals surface area (Å²) in [5, 5.41) is 13.1. The fraction of sp³-hybridized carbons (Fsp3) is 0.333. The van der Waals surface area contributed by atoms with E-state index in [9.17, 15) is 9.59 Å². The van der Waals surface area contributed by atoms with Gasteiger partial charge in [-0.1, -0.05) is 6.07 Å². The van der Waals surface area contributed by atoms with Crippen molar-refractivity contribution in [2.24, 2.45) is 5.73 Å². The van der Waals surface area contributed by atoms with Crippen LogP contribution in [0, 0.1) is 0 Å². The van der Waals surface area contributed by atoms with E-state index in [-0.39, 0.29) is 18.9 Å². The molecule has 0 saturated heterocycles. The molecule has 6 heteroatoms. The summed E-state index contributed by atoms with van der Waals surface area (Å²) in [4.78, 5) is 22.5. The quantitative estimate of drug-likeness (QED) is 0.677. The normalized spacial score (nSPS) is 12.1. The monoisotopic (exact) mass is 228 g/mol. The second kappa shape index (κ2) is 5.47. The van der Waals surface area contributed by atoms with Crippen LogP contribution in [0.4, 0.5) is 0 Å². The first-order valence-electron chi connectivity index (χ1n) is 4.38. The van der Waals surface area contributed by atoms with Crippen LogP contribution in [0.5, 0.6) is 0 Å². The van der Waals surface area contributed by atoms with Gasteiger partial charge in [-0.15, -0.1) is 11.3 Å². The molecule has 0 aromatic carbocycles. The molecule has 0 bridgehead atoms. The zero-order valence-corrected chi connectivity index (χ0v) is 8.79. The third-order valence-corrected chi connectivity index (χ3v) is 2.77. The molecular weight excluding hydrogens is 216 g/mol. The SMILES string of the molecule is NCC(=O)NC(CC(=O)O)c1cccs1. The van der Waals surface area contributed by atoms with Gasteiger partial charge in [0.25, 0.3) is 0 Å². The Hall–Kier alpha value is -1.40. The summed E-state index contributed by atoms with van der Waals surface area (Å²) in [5.74, 6) is -1.31. The number of carboxylic acids is 1. The van der Waals surface area contributed by atoms with Crippen molar-refractivity contribution < 1.29 is 14.7 Å². The lowest BCUT2D eigenvalue weighted by Gasteiger charge is -2.14. The third kappa shape index (κ3) is 3.69. The van der Waals surface area contributed by atoms with E-state index in [1.807, 2.05) is 11.4 Å². The van der Waals surface area contributed by atoms with Crippen LogP contribution in [0.15, 0.2) is 17.5 Å². The molecule has 0 radical (unpaired) electrons. The predicted molar refractivity (Wildman–Crippen MR) is 56.5 cm³/mol. The van der Waals surface area contributed by atoms with E-state index < -0.39 is 12.0 Å². The molecule has 0 aliphatic rings. The van der Waals surface area contributed by atoms with Gasteiger partial charge in [-0.25, -0.2) is 0 Å². The fourth-order valence-corrected chi connectivity index (χ4v) is 1.92. The van der Waals surface area contributed by atoms with Crippen LogP contribution in [0.3, 0.4) is 0 Å². The minimum Gasteiger partial charge on any atom is -0.481 e. The first-order chi connectivity index (χ1) is 7.13. The van der Waals surface area contributed by atoms with Gasteiger partial charge in [0, 0.05) is 4.88 Å². The smallest absolute Gasteiger partial charge is 0.305 e. The first kappa shape index (κ1) is 11.7. The molecule has 1 heterocycles. The number of carboxylic acid groups (broad SMARTS) is 1. The van der Waals surface area contributed by atoms with E-state index in [0.717, 1.165) is 4.88 Å². The predicted octanol–water partition coefficient (Wildman–Crippen LogP) is 0.339. The van der Waals surface area contributed by atoms with E-state index in [0.29, 0.717) is 0 Å². The van der Waals surface area contributed by atoms with E-state index in [1.54, 1.807) is 6.07 Å². The number of carbonyl (C=O) groups is 2. The van der Waals surface area contributed by atoms with Crippen LogP contribution < -0.4 is 11.1 Å². The summed E-state index contributed by atoms with van der Waals surface area (Å²) in [6, 6.07) is 3.11. The lowest BCUT2D eigenvalue weighted by atomic mass is 10.1. The second-order valence-corrected chi connectivity index (χ2v) is 3.92. The molecule has 1 amide bonds. The van der Waals surface area contributed by atoms with Crippen LogP contribution in [-0.4, -0.2) is 23.5 Å². The van der Waals surface area contributed by atoms with Gasteiger partial charge >= 0.3 is 5.97 Å². The molecular formula is C9H12N2O3S. The molecule has 0 saturated carbocycles. The molecule has 1 aromatic rings.